The number of rotatable bonds is 0. The van der Waals surface area contributed by atoms with Crippen molar-refractivity contribution in [3.63, 3.8) is 0 Å². The molecule has 0 aliphatic heterocycles. The van der Waals surface area contributed by atoms with Gasteiger partial charge in [-0.25, -0.2) is 0 Å². The Morgan fingerprint density at radius 2 is 1.62 bits per heavy atom. The molecular weight excluding hydrogens is 116 g/mol. The predicted molar refractivity (Wildman–Crippen MR) is 25.9 cm³/mol. The highest BCUT2D eigenvalue weighted by Crippen LogP contribution is 1.42. The number of hydrogen-bond acceptors (Lipinski definition) is 4. The van der Waals surface area contributed by atoms with Gasteiger partial charge in [0.2, 0.25) is 0 Å². The molecule has 0 aliphatic carbocycles. The van der Waals surface area contributed by atoms with Gasteiger partial charge < -0.3 is 16.5 Å². The number of carboxylic acid groups (broad SMARTS) is 1. The molecule has 0 aromatic carbocycles. The molecule has 0 bridgehead atoms. The third-order valence-electron chi connectivity index (χ3n) is 0. The van der Waals surface area contributed by atoms with E-state index in [0.29, 0.717) is 0 Å². The van der Waals surface area contributed by atoms with Gasteiger partial charge in [0.15, 0.2) is 5.34 Å². The topological polar surface area (TPSA) is 122 Å². The van der Waals surface area contributed by atoms with Gasteiger partial charge in [-0.1, -0.05) is 0 Å². The molecule has 0 rings (SSSR count). The molecule has 0 spiro atoms. The molecule has 0 unspecified atom stereocenters. The molecule has 0 saturated heterocycles. The Hall–Kier alpha value is -1.17. The maximum atomic E-state index is 9.00. The standard InChI is InChI=1S/C2H4O2.HNO2.H3N/c1-2(3)4;2-1-3;/h1H3,(H,3,4);(H,2,3);1H3. The number of hydrogen-bond donors (Lipinski definition) is 3. The summed E-state index contributed by atoms with van der Waals surface area (Å²) in [6.45, 7) is 1.08. The largest absolute Gasteiger partial charge is 0.481 e. The SMILES string of the molecule is CC(=O)O.N.O=NO. The maximum absolute atomic E-state index is 9.00. The van der Waals surface area contributed by atoms with Gasteiger partial charge in [0.05, 0.1) is 0 Å². The van der Waals surface area contributed by atoms with E-state index in [-0.39, 0.29) is 6.15 Å². The van der Waals surface area contributed by atoms with Gasteiger partial charge in [-0.05, 0) is 0 Å². The first-order chi connectivity index (χ1) is 3.15. The highest BCUT2D eigenvalue weighted by Gasteiger charge is 1.65. The molecule has 6 nitrogen and oxygen atoms in total. The lowest BCUT2D eigenvalue weighted by molar-refractivity contribution is -0.134. The first-order valence-electron chi connectivity index (χ1n) is 1.31. The summed E-state index contributed by atoms with van der Waals surface area (Å²) in [5.74, 6) is -0.833. The van der Waals surface area contributed by atoms with Crippen molar-refractivity contribution < 1.29 is 15.1 Å². The van der Waals surface area contributed by atoms with Crippen LogP contribution < -0.4 is 6.15 Å². The van der Waals surface area contributed by atoms with E-state index in [1.807, 2.05) is 0 Å². The summed E-state index contributed by atoms with van der Waals surface area (Å²) in [6, 6.07) is 0. The second-order valence-electron chi connectivity index (χ2n) is 0.601. The summed E-state index contributed by atoms with van der Waals surface area (Å²) in [4.78, 5) is 17.1. The van der Waals surface area contributed by atoms with E-state index < -0.39 is 5.97 Å². The van der Waals surface area contributed by atoms with E-state index in [0.717, 1.165) is 6.92 Å². The van der Waals surface area contributed by atoms with Crippen molar-refractivity contribution >= 4 is 5.97 Å². The zero-order valence-electron chi connectivity index (χ0n) is 4.37. The minimum absolute atomic E-state index is 0. The maximum Gasteiger partial charge on any atom is 0.300 e. The quantitative estimate of drug-likeness (QED) is 0.318. The van der Waals surface area contributed by atoms with Crippen molar-refractivity contribution in [2.24, 2.45) is 5.34 Å². The Morgan fingerprint density at radius 1 is 1.62 bits per heavy atom. The summed E-state index contributed by atoms with van der Waals surface area (Å²) in [6.07, 6.45) is 0. The molecule has 0 radical (unpaired) electrons. The van der Waals surface area contributed by atoms with Crippen LogP contribution in [0, 0.1) is 4.91 Å². The van der Waals surface area contributed by atoms with E-state index in [1.165, 1.54) is 5.34 Å². The van der Waals surface area contributed by atoms with Crippen LogP contribution in [-0.2, 0) is 4.79 Å². The fourth-order valence-electron chi connectivity index (χ4n) is 0. The summed E-state index contributed by atoms with van der Waals surface area (Å²) < 4.78 is 0. The van der Waals surface area contributed by atoms with Crippen LogP contribution in [0.5, 0.6) is 0 Å². The second-order valence-corrected chi connectivity index (χ2v) is 0.601. The molecule has 0 amide bonds. The molecule has 0 aromatic rings. The van der Waals surface area contributed by atoms with Crippen molar-refractivity contribution in [3.05, 3.63) is 4.91 Å². The van der Waals surface area contributed by atoms with Crippen LogP contribution in [0.1, 0.15) is 6.92 Å². The van der Waals surface area contributed by atoms with Gasteiger partial charge in [-0.3, -0.25) is 4.79 Å². The molecule has 0 saturated carbocycles. The van der Waals surface area contributed by atoms with Crippen LogP contribution in [0.3, 0.4) is 0 Å². The van der Waals surface area contributed by atoms with Gasteiger partial charge in [0.1, 0.15) is 0 Å². The van der Waals surface area contributed by atoms with Gasteiger partial charge in [-0.2, -0.15) is 0 Å². The third kappa shape index (κ3) is 51.8. The normalized spacial score (nSPS) is 4.62. The van der Waals surface area contributed by atoms with E-state index >= 15 is 0 Å². The number of nitrogens with zero attached hydrogens (tertiary/aromatic N) is 1. The summed E-state index contributed by atoms with van der Waals surface area (Å²) in [7, 11) is 0. The third-order valence-corrected chi connectivity index (χ3v) is 0. The molecule has 6 heteroatoms. The van der Waals surface area contributed by atoms with E-state index in [1.54, 1.807) is 0 Å². The van der Waals surface area contributed by atoms with Gasteiger partial charge in [0, 0.05) is 6.92 Å². The molecule has 0 aromatic heterocycles. The molecule has 0 heterocycles. The molecule has 50 valence electrons. The molecule has 0 atom stereocenters. The Kier molecular flexibility index (Phi) is 33.6. The van der Waals surface area contributed by atoms with E-state index in [4.69, 9.17) is 20.0 Å². The van der Waals surface area contributed by atoms with Crippen LogP contribution in [0.25, 0.3) is 0 Å². The first-order valence-corrected chi connectivity index (χ1v) is 1.31. The highest BCUT2D eigenvalue weighted by molar-refractivity contribution is 5.62. The van der Waals surface area contributed by atoms with E-state index in [2.05, 4.69) is 0 Å². The van der Waals surface area contributed by atoms with Crippen LogP contribution in [0.4, 0.5) is 0 Å². The smallest absolute Gasteiger partial charge is 0.300 e. The Labute approximate surface area is 45.6 Å². The molecular formula is C2H8N2O4. The van der Waals surface area contributed by atoms with Gasteiger partial charge >= 0.3 is 0 Å². The highest BCUT2D eigenvalue weighted by atomic mass is 16.6. The number of carbonyl (C=O) groups is 1. The van der Waals surface area contributed by atoms with Crippen molar-refractivity contribution in [2.45, 2.75) is 6.92 Å². The first kappa shape index (κ1) is 15.8. The monoisotopic (exact) mass is 124 g/mol. The van der Waals surface area contributed by atoms with Gasteiger partial charge in [-0.15, -0.1) is 4.91 Å². The summed E-state index contributed by atoms with van der Waals surface area (Å²) >= 11 is 0. The molecule has 0 fully saturated rings. The number of carboxylic acids is 1. The minimum Gasteiger partial charge on any atom is -0.481 e. The second kappa shape index (κ2) is 17.0. The molecule has 5 N–H and O–H groups in total. The lowest BCUT2D eigenvalue weighted by Crippen LogP contribution is -1.78. The van der Waals surface area contributed by atoms with Gasteiger partial charge in [0.25, 0.3) is 5.97 Å². The fraction of sp³-hybridized carbons (Fsp3) is 0.500. The minimum atomic E-state index is -0.833. The Morgan fingerprint density at radius 3 is 1.62 bits per heavy atom. The van der Waals surface area contributed by atoms with Crippen LogP contribution in [-0.4, -0.2) is 16.3 Å². The zero-order chi connectivity index (χ0) is 6.28. The summed E-state index contributed by atoms with van der Waals surface area (Å²) in [5, 5.41) is 15.3. The van der Waals surface area contributed by atoms with Crippen molar-refractivity contribution in [3.8, 4) is 0 Å². The lowest BCUT2D eigenvalue weighted by atomic mass is 10.9. The Bertz CT molecular complexity index is 59.1. The zero-order valence-corrected chi connectivity index (χ0v) is 4.37. The van der Waals surface area contributed by atoms with Crippen molar-refractivity contribution in [1.29, 1.82) is 0 Å². The average Bonchev–Trinajstić information content (AvgIpc) is 1.33. The van der Waals surface area contributed by atoms with Crippen molar-refractivity contribution in [1.82, 2.24) is 6.15 Å². The summed E-state index contributed by atoms with van der Waals surface area (Å²) in [5.41, 5.74) is 0. The van der Waals surface area contributed by atoms with Crippen LogP contribution >= 0.6 is 0 Å². The fourth-order valence-corrected chi connectivity index (χ4v) is 0. The number of aliphatic carboxylic acids is 1. The van der Waals surface area contributed by atoms with Crippen LogP contribution in [0.15, 0.2) is 5.34 Å². The molecule has 8 heavy (non-hydrogen) atoms. The molecule has 0 aliphatic rings. The van der Waals surface area contributed by atoms with E-state index in [9.17, 15) is 0 Å². The average molecular weight is 124 g/mol. The van der Waals surface area contributed by atoms with Crippen molar-refractivity contribution in [2.75, 3.05) is 0 Å². The predicted octanol–water partition coefficient (Wildman–Crippen LogP) is 0.395. The Balaban J connectivity index is -0.0000000575. The lowest BCUT2D eigenvalue weighted by Gasteiger charge is -1.59. The van der Waals surface area contributed by atoms with Crippen LogP contribution in [0.2, 0.25) is 0 Å².